The summed E-state index contributed by atoms with van der Waals surface area (Å²) in [6.07, 6.45) is 1.72. The van der Waals surface area contributed by atoms with E-state index in [2.05, 4.69) is 25.6 Å². The third-order valence-electron chi connectivity index (χ3n) is 2.70. The number of nitrogens with zero attached hydrogens (tertiary/aromatic N) is 3. The topological polar surface area (TPSA) is 79.8 Å². The van der Waals surface area contributed by atoms with Crippen molar-refractivity contribution in [1.29, 1.82) is 0 Å². The Morgan fingerprint density at radius 1 is 1.18 bits per heavy atom. The van der Waals surface area contributed by atoms with Crippen LogP contribution in [0.5, 0.6) is 0 Å². The molecule has 6 nitrogen and oxygen atoms in total. The van der Waals surface area contributed by atoms with Gasteiger partial charge >= 0.3 is 0 Å². The van der Waals surface area contributed by atoms with Crippen LogP contribution >= 0.6 is 22.7 Å². The zero-order valence-corrected chi connectivity index (χ0v) is 13.6. The summed E-state index contributed by atoms with van der Waals surface area (Å²) in [5, 5.41) is 8.73. The van der Waals surface area contributed by atoms with E-state index in [1.54, 1.807) is 11.6 Å². The summed E-state index contributed by atoms with van der Waals surface area (Å²) < 4.78 is 0. The van der Waals surface area contributed by atoms with Crippen molar-refractivity contribution < 1.29 is 4.79 Å². The number of rotatable bonds is 4. The van der Waals surface area contributed by atoms with Crippen molar-refractivity contribution in [2.45, 2.75) is 13.8 Å². The Bertz CT molecular complexity index is 811. The van der Waals surface area contributed by atoms with Crippen LogP contribution in [0.15, 0.2) is 29.8 Å². The molecule has 3 rings (SSSR count). The van der Waals surface area contributed by atoms with Gasteiger partial charge in [0, 0.05) is 22.1 Å². The van der Waals surface area contributed by atoms with Gasteiger partial charge in [0.2, 0.25) is 0 Å². The van der Waals surface area contributed by atoms with Gasteiger partial charge in [-0.15, -0.1) is 22.7 Å². The third kappa shape index (κ3) is 3.46. The number of anilines is 3. The number of aryl methyl sites for hydroxylation is 2. The van der Waals surface area contributed by atoms with Gasteiger partial charge in [0.15, 0.2) is 10.3 Å². The number of hydrogen-bond donors (Lipinski definition) is 2. The van der Waals surface area contributed by atoms with Crippen LogP contribution in [-0.2, 0) is 0 Å². The monoisotopic (exact) mass is 331 g/mol. The van der Waals surface area contributed by atoms with Gasteiger partial charge in [-0.05, 0) is 26.0 Å². The van der Waals surface area contributed by atoms with Gasteiger partial charge in [0.1, 0.15) is 11.5 Å². The lowest BCUT2D eigenvalue weighted by Gasteiger charge is -2.01. The molecule has 22 heavy (non-hydrogen) atoms. The molecule has 8 heteroatoms. The van der Waals surface area contributed by atoms with Gasteiger partial charge in [-0.25, -0.2) is 15.0 Å². The first-order valence-corrected chi connectivity index (χ1v) is 8.20. The standard InChI is InChI=1S/C14H13N5OS2/c1-8-4-3-5-11(16-8)18-14-17-10(7-21-14)12(20)19-13-15-6-9(2)22-13/h3-7H,1-2H3,(H,15,19,20)(H,16,17,18). The van der Waals surface area contributed by atoms with Gasteiger partial charge in [-0.2, -0.15) is 0 Å². The first-order valence-electron chi connectivity index (χ1n) is 6.50. The molecule has 0 unspecified atom stereocenters. The van der Waals surface area contributed by atoms with E-state index in [0.717, 1.165) is 10.6 Å². The molecule has 0 spiro atoms. The molecule has 0 aromatic carbocycles. The minimum absolute atomic E-state index is 0.268. The van der Waals surface area contributed by atoms with Gasteiger partial charge < -0.3 is 5.32 Å². The molecule has 0 bridgehead atoms. The van der Waals surface area contributed by atoms with Crippen molar-refractivity contribution in [1.82, 2.24) is 15.0 Å². The van der Waals surface area contributed by atoms with Crippen LogP contribution in [-0.4, -0.2) is 20.9 Å². The summed E-state index contributed by atoms with van der Waals surface area (Å²) in [7, 11) is 0. The molecule has 0 aliphatic carbocycles. The Kier molecular flexibility index (Phi) is 4.12. The van der Waals surface area contributed by atoms with E-state index < -0.39 is 0 Å². The second-order valence-corrected chi connectivity index (χ2v) is 6.65. The normalized spacial score (nSPS) is 10.5. The van der Waals surface area contributed by atoms with Crippen molar-refractivity contribution in [2.75, 3.05) is 10.6 Å². The van der Waals surface area contributed by atoms with Crippen LogP contribution < -0.4 is 10.6 Å². The molecule has 1 amide bonds. The van der Waals surface area contributed by atoms with Crippen molar-refractivity contribution in [2.24, 2.45) is 0 Å². The van der Waals surface area contributed by atoms with E-state index in [0.29, 0.717) is 21.8 Å². The van der Waals surface area contributed by atoms with Crippen LogP contribution in [0, 0.1) is 13.8 Å². The highest BCUT2D eigenvalue weighted by molar-refractivity contribution is 7.15. The second kappa shape index (κ2) is 6.20. The highest BCUT2D eigenvalue weighted by Crippen LogP contribution is 2.22. The zero-order valence-electron chi connectivity index (χ0n) is 12.0. The SMILES string of the molecule is Cc1cccc(Nc2nc(C(=O)Nc3ncc(C)s3)cs2)n1. The molecule has 112 valence electrons. The molecular weight excluding hydrogens is 318 g/mol. The van der Waals surface area contributed by atoms with Crippen molar-refractivity contribution in [3.05, 3.63) is 46.0 Å². The van der Waals surface area contributed by atoms with E-state index in [1.165, 1.54) is 22.7 Å². The first-order chi connectivity index (χ1) is 10.6. The fourth-order valence-corrected chi connectivity index (χ4v) is 3.09. The summed E-state index contributed by atoms with van der Waals surface area (Å²) in [6, 6.07) is 5.69. The van der Waals surface area contributed by atoms with Gasteiger partial charge in [-0.3, -0.25) is 10.1 Å². The highest BCUT2D eigenvalue weighted by Gasteiger charge is 2.13. The Labute approximate surface area is 135 Å². The molecule has 0 aliphatic rings. The molecular formula is C14H13N5OS2. The summed E-state index contributed by atoms with van der Waals surface area (Å²) in [4.78, 5) is 25.9. The lowest BCUT2D eigenvalue weighted by Crippen LogP contribution is -2.12. The van der Waals surface area contributed by atoms with Crippen LogP contribution in [0.4, 0.5) is 16.1 Å². The number of hydrogen-bond acceptors (Lipinski definition) is 7. The molecule has 0 fully saturated rings. The summed E-state index contributed by atoms with van der Waals surface area (Å²) >= 11 is 2.78. The maximum Gasteiger partial charge on any atom is 0.276 e. The lowest BCUT2D eigenvalue weighted by atomic mass is 10.4. The first kappa shape index (κ1) is 14.6. The third-order valence-corrected chi connectivity index (χ3v) is 4.29. The molecule has 0 aliphatic heterocycles. The molecule has 3 heterocycles. The number of amides is 1. The largest absolute Gasteiger partial charge is 0.316 e. The predicted octanol–water partition coefficient (Wildman–Crippen LogP) is 3.61. The smallest absolute Gasteiger partial charge is 0.276 e. The number of thiazole rings is 2. The quantitative estimate of drug-likeness (QED) is 0.763. The van der Waals surface area contributed by atoms with Gasteiger partial charge in [-0.1, -0.05) is 6.07 Å². The van der Waals surface area contributed by atoms with E-state index in [4.69, 9.17) is 0 Å². The summed E-state index contributed by atoms with van der Waals surface area (Å²) in [6.45, 7) is 3.86. The molecule has 3 aromatic heterocycles. The molecule has 2 N–H and O–H groups in total. The average Bonchev–Trinajstić information content (AvgIpc) is 3.08. The van der Waals surface area contributed by atoms with E-state index >= 15 is 0 Å². The fraction of sp³-hybridized carbons (Fsp3) is 0.143. The van der Waals surface area contributed by atoms with E-state index in [1.807, 2.05) is 32.0 Å². The molecule has 0 saturated heterocycles. The number of aromatic nitrogens is 3. The Hall–Kier alpha value is -2.32. The molecule has 0 radical (unpaired) electrons. The number of pyridine rings is 1. The molecule has 3 aromatic rings. The van der Waals surface area contributed by atoms with Crippen molar-refractivity contribution in [3.8, 4) is 0 Å². The van der Waals surface area contributed by atoms with E-state index in [-0.39, 0.29) is 5.91 Å². The highest BCUT2D eigenvalue weighted by atomic mass is 32.1. The minimum Gasteiger partial charge on any atom is -0.316 e. The predicted molar refractivity (Wildman–Crippen MR) is 89.2 cm³/mol. The zero-order chi connectivity index (χ0) is 15.5. The fourth-order valence-electron chi connectivity index (χ4n) is 1.73. The van der Waals surface area contributed by atoms with Gasteiger partial charge in [0.05, 0.1) is 0 Å². The number of nitrogens with one attached hydrogen (secondary N) is 2. The van der Waals surface area contributed by atoms with E-state index in [9.17, 15) is 4.79 Å². The number of carbonyl (C=O) groups excluding carboxylic acids is 1. The maximum absolute atomic E-state index is 12.1. The van der Waals surface area contributed by atoms with Crippen molar-refractivity contribution in [3.63, 3.8) is 0 Å². The average molecular weight is 331 g/mol. The van der Waals surface area contributed by atoms with Crippen LogP contribution in [0.1, 0.15) is 21.1 Å². The Morgan fingerprint density at radius 2 is 2.05 bits per heavy atom. The Morgan fingerprint density at radius 3 is 2.77 bits per heavy atom. The Balaban J connectivity index is 1.69. The van der Waals surface area contributed by atoms with Crippen LogP contribution in [0.25, 0.3) is 0 Å². The minimum atomic E-state index is -0.268. The summed E-state index contributed by atoms with van der Waals surface area (Å²) in [5.41, 5.74) is 1.27. The molecule has 0 atom stereocenters. The second-order valence-electron chi connectivity index (χ2n) is 4.56. The van der Waals surface area contributed by atoms with Crippen molar-refractivity contribution >= 4 is 44.7 Å². The number of carbonyl (C=O) groups is 1. The van der Waals surface area contributed by atoms with Crippen LogP contribution in [0.3, 0.4) is 0 Å². The van der Waals surface area contributed by atoms with Gasteiger partial charge in [0.25, 0.3) is 5.91 Å². The summed E-state index contributed by atoms with van der Waals surface area (Å²) in [5.74, 6) is 0.438. The maximum atomic E-state index is 12.1. The lowest BCUT2D eigenvalue weighted by molar-refractivity contribution is 0.102. The molecule has 0 saturated carbocycles. The van der Waals surface area contributed by atoms with Crippen LogP contribution in [0.2, 0.25) is 0 Å².